The maximum Gasteiger partial charge on any atom is 0.417 e. The molecule has 7 nitrogen and oxygen atoms in total. The monoisotopic (exact) mass is 516 g/mol. The van der Waals surface area contributed by atoms with Crippen molar-refractivity contribution < 1.29 is 17.9 Å². The summed E-state index contributed by atoms with van der Waals surface area (Å²) in [5.74, 6) is 0.442. The maximum absolute atomic E-state index is 13.3. The van der Waals surface area contributed by atoms with Gasteiger partial charge >= 0.3 is 6.18 Å². The van der Waals surface area contributed by atoms with Crippen LogP contribution in [0.25, 0.3) is 28.0 Å². The second-order valence-corrected chi connectivity index (χ2v) is 8.92. The van der Waals surface area contributed by atoms with Crippen molar-refractivity contribution >= 4 is 23.1 Å². The van der Waals surface area contributed by atoms with Crippen LogP contribution in [0.5, 0.6) is 0 Å². The highest BCUT2D eigenvalue weighted by Crippen LogP contribution is 2.37. The molecule has 0 atom stereocenters. The minimum absolute atomic E-state index is 0.442. The normalized spacial score (nSPS) is 14.9. The molecule has 5 rings (SSSR count). The van der Waals surface area contributed by atoms with E-state index in [1.807, 2.05) is 6.07 Å². The van der Waals surface area contributed by atoms with Crippen molar-refractivity contribution in [1.82, 2.24) is 24.5 Å². The topological polar surface area (TPSA) is 67.6 Å². The van der Waals surface area contributed by atoms with Gasteiger partial charge in [-0.15, -0.1) is 0 Å². The number of anilines is 1. The molecule has 188 valence electrons. The van der Waals surface area contributed by atoms with Crippen LogP contribution in [-0.4, -0.2) is 63.9 Å². The molecule has 4 heterocycles. The molecular weight excluding hydrogens is 493 g/mol. The summed E-state index contributed by atoms with van der Waals surface area (Å²) in [7, 11) is 0. The molecule has 0 unspecified atom stereocenters. The molecule has 3 aromatic heterocycles. The number of rotatable bonds is 7. The van der Waals surface area contributed by atoms with Gasteiger partial charge in [-0.1, -0.05) is 23.7 Å². The summed E-state index contributed by atoms with van der Waals surface area (Å²) >= 11 is 6.20. The molecule has 1 aliphatic heterocycles. The van der Waals surface area contributed by atoms with Gasteiger partial charge in [-0.2, -0.15) is 18.3 Å². The van der Waals surface area contributed by atoms with E-state index in [1.165, 1.54) is 10.6 Å². The van der Waals surface area contributed by atoms with E-state index in [0.717, 1.165) is 51.5 Å². The molecule has 1 N–H and O–H groups in total. The summed E-state index contributed by atoms with van der Waals surface area (Å²) in [5, 5.41) is 8.24. The first-order valence-corrected chi connectivity index (χ1v) is 12.0. The van der Waals surface area contributed by atoms with E-state index in [9.17, 15) is 13.2 Å². The van der Waals surface area contributed by atoms with Crippen LogP contribution in [0.3, 0.4) is 0 Å². The molecule has 1 saturated heterocycles. The van der Waals surface area contributed by atoms with E-state index in [1.54, 1.807) is 30.5 Å². The van der Waals surface area contributed by atoms with Crippen LogP contribution in [0.4, 0.5) is 19.1 Å². The highest BCUT2D eigenvalue weighted by molar-refractivity contribution is 6.30. The van der Waals surface area contributed by atoms with Gasteiger partial charge in [0.1, 0.15) is 5.69 Å². The van der Waals surface area contributed by atoms with Gasteiger partial charge in [0.05, 0.1) is 35.6 Å². The Labute approximate surface area is 210 Å². The summed E-state index contributed by atoms with van der Waals surface area (Å²) in [6.45, 7) is 5.03. The summed E-state index contributed by atoms with van der Waals surface area (Å²) in [4.78, 5) is 11.3. The van der Waals surface area contributed by atoms with E-state index in [4.69, 9.17) is 16.3 Å². The molecule has 0 bridgehead atoms. The Kier molecular flexibility index (Phi) is 7.08. The number of nitrogens with one attached hydrogen (secondary N) is 1. The second kappa shape index (κ2) is 10.4. The average Bonchev–Trinajstić information content (AvgIpc) is 3.26. The van der Waals surface area contributed by atoms with Crippen LogP contribution < -0.4 is 5.32 Å². The Morgan fingerprint density at radius 1 is 1.08 bits per heavy atom. The fourth-order valence-corrected chi connectivity index (χ4v) is 4.41. The summed E-state index contributed by atoms with van der Waals surface area (Å²) in [5.41, 5.74) is 2.01. The van der Waals surface area contributed by atoms with Crippen molar-refractivity contribution in [3.8, 4) is 22.5 Å². The zero-order chi connectivity index (χ0) is 25.1. The number of halogens is 4. The highest BCUT2D eigenvalue weighted by atomic mass is 35.5. The van der Waals surface area contributed by atoms with Gasteiger partial charge in [0, 0.05) is 42.6 Å². The van der Waals surface area contributed by atoms with E-state index in [2.05, 4.69) is 25.3 Å². The van der Waals surface area contributed by atoms with Gasteiger partial charge in [-0.05, 0) is 43.3 Å². The molecule has 1 aliphatic rings. The predicted molar refractivity (Wildman–Crippen MR) is 132 cm³/mol. The SMILES string of the molecule is FC(F)(F)c1ccc2c(-c3ccnc(NCCCN4CCOCC4)n3)c(-c3cccc(Cl)c3)nn2c1. The molecule has 36 heavy (non-hydrogen) atoms. The Morgan fingerprint density at radius 3 is 2.69 bits per heavy atom. The first-order chi connectivity index (χ1) is 17.4. The number of hydrogen-bond acceptors (Lipinski definition) is 6. The number of nitrogens with zero attached hydrogens (tertiary/aromatic N) is 5. The zero-order valence-electron chi connectivity index (χ0n) is 19.3. The number of alkyl halides is 3. The fourth-order valence-electron chi connectivity index (χ4n) is 4.22. The molecule has 11 heteroatoms. The van der Waals surface area contributed by atoms with Crippen LogP contribution in [0.2, 0.25) is 5.02 Å². The van der Waals surface area contributed by atoms with Crippen molar-refractivity contribution in [1.29, 1.82) is 0 Å². The van der Waals surface area contributed by atoms with Gasteiger partial charge in [0.2, 0.25) is 5.95 Å². The minimum atomic E-state index is -4.48. The summed E-state index contributed by atoms with van der Waals surface area (Å²) in [6, 6.07) is 11.2. The molecule has 0 amide bonds. The zero-order valence-corrected chi connectivity index (χ0v) is 20.1. The van der Waals surface area contributed by atoms with Crippen LogP contribution in [0.15, 0.2) is 54.9 Å². The average molecular weight is 517 g/mol. The smallest absolute Gasteiger partial charge is 0.379 e. The third-order valence-electron chi connectivity index (χ3n) is 6.00. The number of hydrogen-bond donors (Lipinski definition) is 1. The Morgan fingerprint density at radius 2 is 1.92 bits per heavy atom. The lowest BCUT2D eigenvalue weighted by Gasteiger charge is -2.26. The van der Waals surface area contributed by atoms with Crippen molar-refractivity contribution in [2.75, 3.05) is 44.7 Å². The molecule has 1 fully saturated rings. The van der Waals surface area contributed by atoms with E-state index in [-0.39, 0.29) is 0 Å². The van der Waals surface area contributed by atoms with Crippen LogP contribution in [0.1, 0.15) is 12.0 Å². The van der Waals surface area contributed by atoms with Gasteiger partial charge in [-0.25, -0.2) is 14.5 Å². The van der Waals surface area contributed by atoms with Gasteiger partial charge in [-0.3, -0.25) is 4.90 Å². The van der Waals surface area contributed by atoms with Crippen molar-refractivity contribution in [2.24, 2.45) is 0 Å². The molecule has 1 aromatic carbocycles. The van der Waals surface area contributed by atoms with Gasteiger partial charge < -0.3 is 10.1 Å². The molecule has 0 saturated carbocycles. The maximum atomic E-state index is 13.3. The quantitative estimate of drug-likeness (QED) is 0.338. The van der Waals surface area contributed by atoms with Crippen molar-refractivity contribution in [2.45, 2.75) is 12.6 Å². The fraction of sp³-hybridized carbons (Fsp3) is 0.320. The first kappa shape index (κ1) is 24.5. The molecule has 4 aromatic rings. The lowest BCUT2D eigenvalue weighted by molar-refractivity contribution is -0.137. The Balaban J connectivity index is 1.46. The summed E-state index contributed by atoms with van der Waals surface area (Å²) in [6.07, 6.45) is -0.955. The Bertz CT molecular complexity index is 1350. The van der Waals surface area contributed by atoms with E-state index < -0.39 is 11.7 Å². The van der Waals surface area contributed by atoms with Crippen LogP contribution >= 0.6 is 11.6 Å². The van der Waals surface area contributed by atoms with E-state index in [0.29, 0.717) is 45.5 Å². The second-order valence-electron chi connectivity index (χ2n) is 8.48. The molecule has 0 radical (unpaired) electrons. The number of aromatic nitrogens is 4. The number of pyridine rings is 1. The third kappa shape index (κ3) is 5.45. The van der Waals surface area contributed by atoms with Gasteiger partial charge in [0.25, 0.3) is 0 Å². The first-order valence-electron chi connectivity index (χ1n) is 11.6. The van der Waals surface area contributed by atoms with E-state index >= 15 is 0 Å². The highest BCUT2D eigenvalue weighted by Gasteiger charge is 2.31. The van der Waals surface area contributed by atoms with Crippen LogP contribution in [0, 0.1) is 0 Å². The predicted octanol–water partition coefficient (Wildman–Crippen LogP) is 5.26. The molecule has 0 spiro atoms. The largest absolute Gasteiger partial charge is 0.417 e. The summed E-state index contributed by atoms with van der Waals surface area (Å²) < 4.78 is 46.7. The number of morpholine rings is 1. The van der Waals surface area contributed by atoms with Crippen molar-refractivity contribution in [3.63, 3.8) is 0 Å². The number of ether oxygens (including phenoxy) is 1. The third-order valence-corrected chi connectivity index (χ3v) is 6.24. The minimum Gasteiger partial charge on any atom is -0.379 e. The number of fused-ring (bicyclic) bond motifs is 1. The lowest BCUT2D eigenvalue weighted by atomic mass is 10.0. The Hall–Kier alpha value is -3.21. The number of benzene rings is 1. The van der Waals surface area contributed by atoms with Crippen LogP contribution in [-0.2, 0) is 10.9 Å². The standard InChI is InChI=1S/C25H24ClF3N6O/c26-19-4-1-3-17(15-19)23-22(21-6-5-18(25(27,28)29)16-35(21)33-23)20-7-9-31-24(32-20)30-8-2-10-34-11-13-36-14-12-34/h1,3-7,9,15-16H,2,8,10-14H2,(H,30,31,32). The van der Waals surface area contributed by atoms with Gasteiger partial charge in [0.15, 0.2) is 0 Å². The van der Waals surface area contributed by atoms with Crippen molar-refractivity contribution in [3.05, 3.63) is 65.4 Å². The lowest BCUT2D eigenvalue weighted by Crippen LogP contribution is -2.37. The molecular formula is C25H24ClF3N6O. The molecule has 0 aliphatic carbocycles.